The molecule has 0 aliphatic rings. The summed E-state index contributed by atoms with van der Waals surface area (Å²) < 4.78 is 17.8. The smallest absolute Gasteiger partial charge is 0.277 e. The van der Waals surface area contributed by atoms with Gasteiger partial charge < -0.3 is 14.2 Å². The van der Waals surface area contributed by atoms with Crippen LogP contribution in [0.25, 0.3) is 16.9 Å². The zero-order valence-corrected chi connectivity index (χ0v) is 18.8. The van der Waals surface area contributed by atoms with E-state index in [9.17, 15) is 4.79 Å². The largest absolute Gasteiger partial charge is 0.497 e. The van der Waals surface area contributed by atoms with Crippen molar-refractivity contribution < 1.29 is 19.0 Å². The Bertz CT molecular complexity index is 1270. The standard InChI is InChI=1S/C26H24N4O4/c1-32-22-14-12-19(13-15-22)26-20(17-30(29-26)21-8-4-3-5-9-21)16-27-28-25(31)18-34-24-11-7-6-10-23(24)33-2/h3-17H,18H2,1-2H3,(H,28,31)/b27-16+. The van der Waals surface area contributed by atoms with Crippen molar-refractivity contribution in [3.05, 3.63) is 90.6 Å². The van der Waals surface area contributed by atoms with E-state index < -0.39 is 5.91 Å². The van der Waals surface area contributed by atoms with E-state index in [1.54, 1.807) is 43.3 Å². The van der Waals surface area contributed by atoms with Crippen molar-refractivity contribution in [2.45, 2.75) is 0 Å². The minimum absolute atomic E-state index is 0.202. The summed E-state index contributed by atoms with van der Waals surface area (Å²) in [5.74, 6) is 1.39. The summed E-state index contributed by atoms with van der Waals surface area (Å²) in [7, 11) is 3.17. The maximum absolute atomic E-state index is 12.2. The average Bonchev–Trinajstić information content (AvgIpc) is 3.32. The fourth-order valence-corrected chi connectivity index (χ4v) is 3.26. The van der Waals surface area contributed by atoms with Crippen molar-refractivity contribution >= 4 is 12.1 Å². The van der Waals surface area contributed by atoms with E-state index in [4.69, 9.17) is 19.3 Å². The summed E-state index contributed by atoms with van der Waals surface area (Å²) in [6.07, 6.45) is 3.42. The maximum Gasteiger partial charge on any atom is 0.277 e. The third-order valence-corrected chi connectivity index (χ3v) is 4.95. The maximum atomic E-state index is 12.2. The molecule has 0 atom stereocenters. The number of methoxy groups -OCH3 is 2. The van der Waals surface area contributed by atoms with E-state index in [-0.39, 0.29) is 6.61 Å². The fraction of sp³-hybridized carbons (Fsp3) is 0.115. The summed E-state index contributed by atoms with van der Waals surface area (Å²) in [6, 6.07) is 24.5. The number of para-hydroxylation sites is 3. The lowest BCUT2D eigenvalue weighted by atomic mass is 10.1. The second kappa shape index (κ2) is 10.8. The van der Waals surface area contributed by atoms with E-state index in [0.717, 1.165) is 28.3 Å². The van der Waals surface area contributed by atoms with Crippen LogP contribution in [0.4, 0.5) is 0 Å². The molecular weight excluding hydrogens is 432 g/mol. The molecule has 3 aromatic carbocycles. The van der Waals surface area contributed by atoms with Gasteiger partial charge in [-0.3, -0.25) is 4.79 Å². The van der Waals surface area contributed by atoms with Gasteiger partial charge in [0.1, 0.15) is 11.4 Å². The molecule has 0 aliphatic carbocycles. The Morgan fingerprint density at radius 1 is 0.941 bits per heavy atom. The van der Waals surface area contributed by atoms with Gasteiger partial charge in [-0.05, 0) is 48.5 Å². The molecule has 0 spiro atoms. The number of hydrogen-bond donors (Lipinski definition) is 1. The van der Waals surface area contributed by atoms with Gasteiger partial charge in [0.2, 0.25) is 0 Å². The minimum atomic E-state index is -0.399. The third kappa shape index (κ3) is 5.42. The molecule has 34 heavy (non-hydrogen) atoms. The first kappa shape index (κ1) is 22.6. The van der Waals surface area contributed by atoms with E-state index in [1.807, 2.05) is 66.9 Å². The van der Waals surface area contributed by atoms with Gasteiger partial charge in [-0.1, -0.05) is 30.3 Å². The van der Waals surface area contributed by atoms with Gasteiger partial charge in [0, 0.05) is 17.3 Å². The summed E-state index contributed by atoms with van der Waals surface area (Å²) in [6.45, 7) is -0.202. The lowest BCUT2D eigenvalue weighted by Gasteiger charge is -2.09. The normalized spacial score (nSPS) is 10.8. The van der Waals surface area contributed by atoms with Crippen LogP contribution >= 0.6 is 0 Å². The Hall–Kier alpha value is -4.59. The molecule has 1 aromatic heterocycles. The van der Waals surface area contributed by atoms with E-state index in [2.05, 4.69) is 10.5 Å². The number of ether oxygens (including phenoxy) is 3. The van der Waals surface area contributed by atoms with E-state index >= 15 is 0 Å². The molecule has 8 nitrogen and oxygen atoms in total. The number of hydrogen-bond acceptors (Lipinski definition) is 6. The molecule has 0 saturated heterocycles. The second-order valence-corrected chi connectivity index (χ2v) is 7.17. The van der Waals surface area contributed by atoms with Crippen molar-refractivity contribution in [1.29, 1.82) is 0 Å². The zero-order valence-electron chi connectivity index (χ0n) is 18.8. The van der Waals surface area contributed by atoms with Crippen LogP contribution in [0.2, 0.25) is 0 Å². The molecule has 0 fully saturated rings. The van der Waals surface area contributed by atoms with Gasteiger partial charge in [-0.2, -0.15) is 10.2 Å². The number of carbonyl (C=O) groups is 1. The Balaban J connectivity index is 1.50. The highest BCUT2D eigenvalue weighted by Gasteiger charge is 2.12. The van der Waals surface area contributed by atoms with Crippen molar-refractivity contribution in [1.82, 2.24) is 15.2 Å². The van der Waals surface area contributed by atoms with Gasteiger partial charge in [-0.25, -0.2) is 10.1 Å². The molecule has 1 N–H and O–H groups in total. The summed E-state index contributed by atoms with van der Waals surface area (Å²) in [5.41, 5.74) is 5.75. The number of nitrogens with one attached hydrogen (secondary N) is 1. The first-order valence-electron chi connectivity index (χ1n) is 10.5. The SMILES string of the molecule is COc1ccc(-c2nn(-c3ccccc3)cc2/C=N/NC(=O)COc2ccccc2OC)cc1. The average molecular weight is 457 g/mol. The number of benzene rings is 3. The summed E-state index contributed by atoms with van der Waals surface area (Å²) in [4.78, 5) is 12.2. The molecule has 1 heterocycles. The number of rotatable bonds is 9. The number of aromatic nitrogens is 2. The topological polar surface area (TPSA) is 87.0 Å². The lowest BCUT2D eigenvalue weighted by Crippen LogP contribution is -2.24. The molecule has 8 heteroatoms. The quantitative estimate of drug-likeness (QED) is 0.303. The van der Waals surface area contributed by atoms with Crippen LogP contribution in [0.3, 0.4) is 0 Å². The van der Waals surface area contributed by atoms with E-state index in [0.29, 0.717) is 11.5 Å². The zero-order chi connectivity index (χ0) is 23.8. The van der Waals surface area contributed by atoms with Crippen LogP contribution < -0.4 is 19.6 Å². The molecule has 0 bridgehead atoms. The predicted octanol–water partition coefficient (Wildman–Crippen LogP) is 4.09. The summed E-state index contributed by atoms with van der Waals surface area (Å²) in [5, 5.41) is 8.84. The third-order valence-electron chi connectivity index (χ3n) is 4.95. The van der Waals surface area contributed by atoms with Crippen molar-refractivity contribution in [3.63, 3.8) is 0 Å². The van der Waals surface area contributed by atoms with Gasteiger partial charge in [0.05, 0.1) is 26.1 Å². The Labute approximate surface area is 197 Å². The highest BCUT2D eigenvalue weighted by molar-refractivity contribution is 5.89. The number of nitrogens with zero attached hydrogens (tertiary/aromatic N) is 3. The van der Waals surface area contributed by atoms with Crippen LogP contribution in [0, 0.1) is 0 Å². The molecule has 0 aliphatic heterocycles. The molecule has 0 radical (unpaired) electrons. The van der Waals surface area contributed by atoms with Crippen LogP contribution in [0.5, 0.6) is 17.2 Å². The number of amides is 1. The molecule has 0 saturated carbocycles. The first-order valence-corrected chi connectivity index (χ1v) is 10.5. The van der Waals surface area contributed by atoms with Crippen molar-refractivity contribution in [3.8, 4) is 34.2 Å². The molecular formula is C26H24N4O4. The highest BCUT2D eigenvalue weighted by atomic mass is 16.5. The molecule has 1 amide bonds. The van der Waals surface area contributed by atoms with E-state index in [1.165, 1.54) is 0 Å². The number of hydrazone groups is 1. The molecule has 4 aromatic rings. The molecule has 0 unspecified atom stereocenters. The van der Waals surface area contributed by atoms with Gasteiger partial charge in [-0.15, -0.1) is 0 Å². The van der Waals surface area contributed by atoms with Crippen LogP contribution in [0.15, 0.2) is 90.2 Å². The second-order valence-electron chi connectivity index (χ2n) is 7.17. The monoisotopic (exact) mass is 456 g/mol. The minimum Gasteiger partial charge on any atom is -0.497 e. The van der Waals surface area contributed by atoms with Crippen LogP contribution in [-0.2, 0) is 4.79 Å². The Kier molecular flexibility index (Phi) is 7.19. The molecule has 172 valence electrons. The Morgan fingerprint density at radius 3 is 2.35 bits per heavy atom. The van der Waals surface area contributed by atoms with Gasteiger partial charge >= 0.3 is 0 Å². The molecule has 4 rings (SSSR count). The fourth-order valence-electron chi connectivity index (χ4n) is 3.26. The van der Waals surface area contributed by atoms with Gasteiger partial charge in [0.15, 0.2) is 18.1 Å². The van der Waals surface area contributed by atoms with Gasteiger partial charge in [0.25, 0.3) is 5.91 Å². The lowest BCUT2D eigenvalue weighted by molar-refractivity contribution is -0.123. The van der Waals surface area contributed by atoms with Crippen LogP contribution in [-0.4, -0.2) is 42.7 Å². The van der Waals surface area contributed by atoms with Crippen LogP contribution in [0.1, 0.15) is 5.56 Å². The predicted molar refractivity (Wildman–Crippen MR) is 130 cm³/mol. The highest BCUT2D eigenvalue weighted by Crippen LogP contribution is 2.26. The first-order chi connectivity index (χ1) is 16.7. The number of carbonyl (C=O) groups excluding carboxylic acids is 1. The van der Waals surface area contributed by atoms with Crippen molar-refractivity contribution in [2.75, 3.05) is 20.8 Å². The Morgan fingerprint density at radius 2 is 1.65 bits per heavy atom. The summed E-state index contributed by atoms with van der Waals surface area (Å²) >= 11 is 0. The van der Waals surface area contributed by atoms with Crippen molar-refractivity contribution in [2.24, 2.45) is 5.10 Å².